The average molecular weight is 249 g/mol. The van der Waals surface area contributed by atoms with E-state index in [1.54, 1.807) is 7.11 Å². The smallest absolute Gasteiger partial charge is 0.188 e. The van der Waals surface area contributed by atoms with Crippen molar-refractivity contribution in [2.45, 2.75) is 27.0 Å². The number of rotatable bonds is 6. The number of ether oxygens (including phenoxy) is 1. The summed E-state index contributed by atoms with van der Waals surface area (Å²) in [5, 5.41) is 3.10. The third-order valence-electron chi connectivity index (χ3n) is 2.43. The van der Waals surface area contributed by atoms with Gasteiger partial charge in [-0.05, 0) is 17.0 Å². The van der Waals surface area contributed by atoms with E-state index in [2.05, 4.69) is 30.2 Å². The lowest BCUT2D eigenvalue weighted by molar-refractivity contribution is 0.185. The number of hydrogen-bond acceptors (Lipinski definition) is 2. The van der Waals surface area contributed by atoms with E-state index >= 15 is 0 Å². The summed E-state index contributed by atoms with van der Waals surface area (Å²) in [6, 6.07) is 8.18. The molecule has 0 heterocycles. The van der Waals surface area contributed by atoms with E-state index in [0.29, 0.717) is 25.0 Å². The Morgan fingerprint density at radius 2 is 2.11 bits per heavy atom. The lowest BCUT2D eigenvalue weighted by Crippen LogP contribution is -2.34. The molecule has 0 aliphatic heterocycles. The van der Waals surface area contributed by atoms with Crippen molar-refractivity contribution in [3.63, 3.8) is 0 Å². The second kappa shape index (κ2) is 7.71. The highest BCUT2D eigenvalue weighted by atomic mass is 16.5. The van der Waals surface area contributed by atoms with Gasteiger partial charge in [0.05, 0.1) is 13.2 Å². The first-order valence-electron chi connectivity index (χ1n) is 6.22. The molecule has 1 rings (SSSR count). The Balaban J connectivity index is 2.51. The average Bonchev–Trinajstić information content (AvgIpc) is 2.35. The van der Waals surface area contributed by atoms with Gasteiger partial charge in [-0.1, -0.05) is 38.1 Å². The summed E-state index contributed by atoms with van der Waals surface area (Å²) in [6.07, 6.45) is 0. The molecular weight excluding hydrogens is 226 g/mol. The molecule has 0 atom stereocenters. The Bertz CT molecular complexity index is 388. The van der Waals surface area contributed by atoms with E-state index in [1.165, 1.54) is 0 Å². The van der Waals surface area contributed by atoms with Crippen LogP contribution in [0, 0.1) is 5.92 Å². The number of guanidine groups is 1. The lowest BCUT2D eigenvalue weighted by atomic mass is 10.1. The van der Waals surface area contributed by atoms with Crippen LogP contribution in [0.5, 0.6) is 0 Å². The second-order valence-corrected chi connectivity index (χ2v) is 4.73. The highest BCUT2D eigenvalue weighted by Crippen LogP contribution is 2.07. The third kappa shape index (κ3) is 5.68. The number of nitrogens with two attached hydrogens (primary N) is 1. The zero-order chi connectivity index (χ0) is 13.4. The SMILES string of the molecule is COCc1cccc(CN=C(N)NCC(C)C)c1. The summed E-state index contributed by atoms with van der Waals surface area (Å²) < 4.78 is 5.10. The van der Waals surface area contributed by atoms with Crippen LogP contribution in [0.15, 0.2) is 29.3 Å². The van der Waals surface area contributed by atoms with Gasteiger partial charge < -0.3 is 15.8 Å². The summed E-state index contributed by atoms with van der Waals surface area (Å²) in [6.45, 7) is 6.33. The van der Waals surface area contributed by atoms with E-state index in [4.69, 9.17) is 10.5 Å². The van der Waals surface area contributed by atoms with Crippen LogP contribution in [0.25, 0.3) is 0 Å². The number of methoxy groups -OCH3 is 1. The van der Waals surface area contributed by atoms with Crippen LogP contribution in [0.3, 0.4) is 0 Å². The largest absolute Gasteiger partial charge is 0.380 e. The maximum absolute atomic E-state index is 5.78. The van der Waals surface area contributed by atoms with Gasteiger partial charge >= 0.3 is 0 Å². The van der Waals surface area contributed by atoms with Gasteiger partial charge in [0.2, 0.25) is 0 Å². The van der Waals surface area contributed by atoms with Crippen molar-refractivity contribution in [2.75, 3.05) is 13.7 Å². The van der Waals surface area contributed by atoms with E-state index in [0.717, 1.165) is 17.7 Å². The molecule has 0 fully saturated rings. The van der Waals surface area contributed by atoms with Crippen LogP contribution >= 0.6 is 0 Å². The number of benzene rings is 1. The van der Waals surface area contributed by atoms with Crippen LogP contribution in [-0.4, -0.2) is 19.6 Å². The van der Waals surface area contributed by atoms with Gasteiger partial charge in [-0.2, -0.15) is 0 Å². The monoisotopic (exact) mass is 249 g/mol. The Hall–Kier alpha value is -1.55. The fourth-order valence-electron chi connectivity index (χ4n) is 1.53. The molecule has 4 heteroatoms. The topological polar surface area (TPSA) is 59.6 Å². The molecule has 0 saturated carbocycles. The van der Waals surface area contributed by atoms with Gasteiger partial charge in [-0.25, -0.2) is 4.99 Å². The van der Waals surface area contributed by atoms with Gasteiger partial charge in [0.1, 0.15) is 0 Å². The maximum atomic E-state index is 5.78. The number of hydrogen-bond donors (Lipinski definition) is 2. The molecule has 0 radical (unpaired) electrons. The minimum absolute atomic E-state index is 0.501. The Labute approximate surface area is 109 Å². The molecule has 0 bridgehead atoms. The number of nitrogens with one attached hydrogen (secondary N) is 1. The first kappa shape index (κ1) is 14.5. The minimum atomic E-state index is 0.501. The van der Waals surface area contributed by atoms with Gasteiger partial charge in [-0.15, -0.1) is 0 Å². The molecule has 100 valence electrons. The first-order chi connectivity index (χ1) is 8.61. The van der Waals surface area contributed by atoms with Crippen LogP contribution in [0.1, 0.15) is 25.0 Å². The Morgan fingerprint density at radius 3 is 2.78 bits per heavy atom. The molecule has 0 aliphatic carbocycles. The van der Waals surface area contributed by atoms with Crippen LogP contribution in [0.2, 0.25) is 0 Å². The van der Waals surface area contributed by atoms with Gasteiger partial charge in [0.15, 0.2) is 5.96 Å². The molecule has 1 aromatic rings. The van der Waals surface area contributed by atoms with Gasteiger partial charge in [0, 0.05) is 13.7 Å². The Morgan fingerprint density at radius 1 is 1.39 bits per heavy atom. The molecular formula is C14H23N3O. The van der Waals surface area contributed by atoms with Crippen LogP contribution in [-0.2, 0) is 17.9 Å². The third-order valence-corrected chi connectivity index (χ3v) is 2.43. The maximum Gasteiger partial charge on any atom is 0.188 e. The summed E-state index contributed by atoms with van der Waals surface area (Å²) in [7, 11) is 1.69. The molecule has 0 aromatic heterocycles. The molecule has 0 aliphatic rings. The van der Waals surface area contributed by atoms with E-state index < -0.39 is 0 Å². The number of aliphatic imine (C=N–C) groups is 1. The van der Waals surface area contributed by atoms with Gasteiger partial charge in [-0.3, -0.25) is 0 Å². The predicted molar refractivity (Wildman–Crippen MR) is 75.3 cm³/mol. The summed E-state index contributed by atoms with van der Waals surface area (Å²) in [5.74, 6) is 1.06. The molecule has 18 heavy (non-hydrogen) atoms. The molecule has 0 unspecified atom stereocenters. The fraction of sp³-hybridized carbons (Fsp3) is 0.500. The molecule has 0 spiro atoms. The van der Waals surface area contributed by atoms with E-state index in [-0.39, 0.29) is 0 Å². The quantitative estimate of drug-likeness (QED) is 0.598. The van der Waals surface area contributed by atoms with Crippen molar-refractivity contribution < 1.29 is 4.74 Å². The summed E-state index contributed by atoms with van der Waals surface area (Å²) >= 11 is 0. The first-order valence-corrected chi connectivity index (χ1v) is 6.22. The van der Waals surface area contributed by atoms with Crippen molar-refractivity contribution in [3.8, 4) is 0 Å². The molecule has 4 nitrogen and oxygen atoms in total. The standard InChI is InChI=1S/C14H23N3O/c1-11(2)8-16-14(15)17-9-12-5-4-6-13(7-12)10-18-3/h4-7,11H,8-10H2,1-3H3,(H3,15,16,17). The molecule has 0 amide bonds. The summed E-state index contributed by atoms with van der Waals surface area (Å²) in [4.78, 5) is 4.31. The lowest BCUT2D eigenvalue weighted by Gasteiger charge is -2.08. The van der Waals surface area contributed by atoms with Crippen LogP contribution in [0.4, 0.5) is 0 Å². The van der Waals surface area contributed by atoms with E-state index in [9.17, 15) is 0 Å². The van der Waals surface area contributed by atoms with Crippen molar-refractivity contribution in [2.24, 2.45) is 16.6 Å². The fourth-order valence-corrected chi connectivity index (χ4v) is 1.53. The van der Waals surface area contributed by atoms with Crippen molar-refractivity contribution in [3.05, 3.63) is 35.4 Å². The zero-order valence-electron chi connectivity index (χ0n) is 11.4. The number of nitrogens with zero attached hydrogens (tertiary/aromatic N) is 1. The van der Waals surface area contributed by atoms with E-state index in [1.807, 2.05) is 18.2 Å². The zero-order valence-corrected chi connectivity index (χ0v) is 11.4. The Kier molecular flexibility index (Phi) is 6.22. The van der Waals surface area contributed by atoms with Crippen LogP contribution < -0.4 is 11.1 Å². The highest BCUT2D eigenvalue weighted by Gasteiger charge is 1.97. The summed E-state index contributed by atoms with van der Waals surface area (Å²) in [5.41, 5.74) is 8.07. The van der Waals surface area contributed by atoms with Crippen molar-refractivity contribution >= 4 is 5.96 Å². The predicted octanol–water partition coefficient (Wildman–Crippen LogP) is 1.89. The van der Waals surface area contributed by atoms with Gasteiger partial charge in [0.25, 0.3) is 0 Å². The normalized spacial score (nSPS) is 11.9. The highest BCUT2D eigenvalue weighted by molar-refractivity contribution is 5.77. The second-order valence-electron chi connectivity index (χ2n) is 4.73. The van der Waals surface area contributed by atoms with Crippen molar-refractivity contribution in [1.29, 1.82) is 0 Å². The molecule has 3 N–H and O–H groups in total. The molecule has 0 saturated heterocycles. The minimum Gasteiger partial charge on any atom is -0.380 e. The molecule has 1 aromatic carbocycles. The van der Waals surface area contributed by atoms with Crippen molar-refractivity contribution in [1.82, 2.24) is 5.32 Å².